The number of nitrogens with one attached hydrogen (secondary N) is 1. The summed E-state index contributed by atoms with van der Waals surface area (Å²) in [5.41, 5.74) is 3.80. The lowest BCUT2D eigenvalue weighted by molar-refractivity contribution is 0.0936. The van der Waals surface area contributed by atoms with Crippen LogP contribution in [-0.2, 0) is 12.8 Å². The zero-order valence-corrected chi connectivity index (χ0v) is 14.5. The van der Waals surface area contributed by atoms with Crippen LogP contribution in [0.15, 0.2) is 41.7 Å². The number of fused-ring (bicyclic) bond motifs is 1. The molecule has 132 valence electrons. The maximum absolute atomic E-state index is 12.4. The van der Waals surface area contributed by atoms with Gasteiger partial charge in [-0.15, -0.1) is 0 Å². The molecule has 7 heteroatoms. The molecule has 7 nitrogen and oxygen atoms in total. The van der Waals surface area contributed by atoms with Crippen LogP contribution in [0.1, 0.15) is 46.8 Å². The minimum atomic E-state index is -0.134. The van der Waals surface area contributed by atoms with Crippen LogP contribution < -0.4 is 5.32 Å². The predicted molar refractivity (Wildman–Crippen MR) is 96.3 cm³/mol. The summed E-state index contributed by atoms with van der Waals surface area (Å²) < 4.78 is 6.70. The second kappa shape index (κ2) is 6.59. The van der Waals surface area contributed by atoms with Gasteiger partial charge in [0, 0.05) is 24.4 Å². The van der Waals surface area contributed by atoms with Crippen molar-refractivity contribution < 1.29 is 9.32 Å². The quantitative estimate of drug-likeness (QED) is 0.765. The molecule has 2 heterocycles. The van der Waals surface area contributed by atoms with Crippen LogP contribution in [-0.4, -0.2) is 25.8 Å². The maximum Gasteiger partial charge on any atom is 0.254 e. The fraction of sp³-hybridized carbons (Fsp3) is 0.263. The Labute approximate surface area is 150 Å². The Morgan fingerprint density at radius 3 is 3.12 bits per heavy atom. The number of hydrogen-bond acceptors (Lipinski definition) is 5. The molecule has 1 aromatic carbocycles. The number of hydrogen-bond donors (Lipinski definition) is 1. The lowest BCUT2D eigenvalue weighted by Gasteiger charge is -2.13. The molecule has 1 atom stereocenters. The molecule has 1 aliphatic rings. The van der Waals surface area contributed by atoms with Crippen molar-refractivity contribution in [2.24, 2.45) is 0 Å². The molecule has 0 saturated carbocycles. The first-order chi connectivity index (χ1) is 12.7. The van der Waals surface area contributed by atoms with Crippen molar-refractivity contribution in [3.05, 3.63) is 59.8 Å². The molecule has 0 saturated heterocycles. The maximum atomic E-state index is 12.4. The molecule has 0 radical (unpaired) electrons. The molecule has 0 aliphatic heterocycles. The van der Waals surface area contributed by atoms with Gasteiger partial charge < -0.3 is 9.84 Å². The zero-order chi connectivity index (χ0) is 18.1. The molecule has 0 unspecified atom stereocenters. The van der Waals surface area contributed by atoms with E-state index < -0.39 is 0 Å². The van der Waals surface area contributed by atoms with E-state index in [0.717, 1.165) is 24.0 Å². The predicted octanol–water partition coefficient (Wildman–Crippen LogP) is 3.01. The highest BCUT2D eigenvalue weighted by Crippen LogP contribution is 2.33. The molecule has 26 heavy (non-hydrogen) atoms. The molecule has 0 spiro atoms. The topological polar surface area (TPSA) is 85.8 Å². The Hall–Kier alpha value is -3.22. The fourth-order valence-corrected chi connectivity index (χ4v) is 3.22. The van der Waals surface area contributed by atoms with Gasteiger partial charge in [0.15, 0.2) is 0 Å². The van der Waals surface area contributed by atoms with E-state index in [4.69, 9.17) is 4.52 Å². The number of aromatic nitrogens is 4. The second-order valence-corrected chi connectivity index (χ2v) is 6.24. The van der Waals surface area contributed by atoms with E-state index in [-0.39, 0.29) is 11.9 Å². The van der Waals surface area contributed by atoms with Crippen LogP contribution in [0.25, 0.3) is 17.6 Å². The highest BCUT2D eigenvalue weighted by molar-refractivity contribution is 5.94. The third-order valence-corrected chi connectivity index (χ3v) is 4.61. The Balaban J connectivity index is 1.52. The fourth-order valence-electron chi connectivity index (χ4n) is 3.22. The van der Waals surface area contributed by atoms with Gasteiger partial charge in [-0.05, 0) is 30.0 Å². The van der Waals surface area contributed by atoms with Crippen LogP contribution >= 0.6 is 0 Å². The molecule has 3 aromatic rings. The highest BCUT2D eigenvalue weighted by Gasteiger charge is 2.25. The van der Waals surface area contributed by atoms with E-state index in [1.807, 2.05) is 19.1 Å². The third kappa shape index (κ3) is 2.92. The first-order valence-corrected chi connectivity index (χ1v) is 8.61. The number of carbonyl (C=O) groups excluding carboxylic acids is 1. The van der Waals surface area contributed by atoms with Crippen molar-refractivity contribution in [3.8, 4) is 11.4 Å². The largest absolute Gasteiger partial charge is 0.345 e. The summed E-state index contributed by atoms with van der Waals surface area (Å²) in [5.74, 6) is 1.10. The van der Waals surface area contributed by atoms with E-state index in [2.05, 4.69) is 33.2 Å². The van der Waals surface area contributed by atoms with Gasteiger partial charge in [0.1, 0.15) is 0 Å². The van der Waals surface area contributed by atoms with Gasteiger partial charge in [-0.3, -0.25) is 4.79 Å². The van der Waals surface area contributed by atoms with Gasteiger partial charge in [0.05, 0.1) is 17.8 Å². The lowest BCUT2D eigenvalue weighted by atomic mass is 10.0. The van der Waals surface area contributed by atoms with Gasteiger partial charge in [0.2, 0.25) is 11.7 Å². The average Bonchev–Trinajstić information content (AvgIpc) is 3.40. The lowest BCUT2D eigenvalue weighted by Crippen LogP contribution is -2.26. The highest BCUT2D eigenvalue weighted by atomic mass is 16.5. The van der Waals surface area contributed by atoms with E-state index in [0.29, 0.717) is 23.7 Å². The van der Waals surface area contributed by atoms with Crippen molar-refractivity contribution in [1.29, 1.82) is 0 Å². The van der Waals surface area contributed by atoms with Gasteiger partial charge in [-0.25, -0.2) is 4.68 Å². The summed E-state index contributed by atoms with van der Waals surface area (Å²) in [6.07, 6.45) is 7.23. The number of carbonyl (C=O) groups is 1. The van der Waals surface area contributed by atoms with Crippen LogP contribution in [0.4, 0.5) is 0 Å². The first-order valence-electron chi connectivity index (χ1n) is 8.61. The Morgan fingerprint density at radius 2 is 2.38 bits per heavy atom. The molecule has 2 aromatic heterocycles. The van der Waals surface area contributed by atoms with Crippen LogP contribution in [0.5, 0.6) is 0 Å². The standard InChI is InChI=1S/C19H19N5O2/c1-3-17-22-18(23-26-17)13-5-7-15-12(9-13)6-8-16(15)21-19(25)14-10-20-24(4-2)11-14/h4-5,7,9-11,16H,2-3,6,8H2,1H3,(H,21,25)/t16-/m1/s1. The Morgan fingerprint density at radius 1 is 1.50 bits per heavy atom. The smallest absolute Gasteiger partial charge is 0.254 e. The van der Waals surface area contributed by atoms with Crippen molar-refractivity contribution in [1.82, 2.24) is 25.2 Å². The molecule has 0 fully saturated rings. The Bertz CT molecular complexity index is 972. The number of benzene rings is 1. The molecule has 0 bridgehead atoms. The minimum absolute atomic E-state index is 0.00454. The molecule has 1 aliphatic carbocycles. The zero-order valence-electron chi connectivity index (χ0n) is 14.5. The van der Waals surface area contributed by atoms with Crippen molar-refractivity contribution in [2.45, 2.75) is 32.2 Å². The molecular formula is C19H19N5O2. The van der Waals surface area contributed by atoms with Gasteiger partial charge >= 0.3 is 0 Å². The summed E-state index contributed by atoms with van der Waals surface area (Å²) in [6.45, 7) is 5.61. The van der Waals surface area contributed by atoms with Crippen molar-refractivity contribution in [3.63, 3.8) is 0 Å². The first kappa shape index (κ1) is 16.3. The van der Waals surface area contributed by atoms with E-state index in [1.54, 1.807) is 12.4 Å². The molecule has 1 N–H and O–H groups in total. The normalized spacial score (nSPS) is 15.7. The van der Waals surface area contributed by atoms with Crippen LogP contribution in [0, 0.1) is 0 Å². The number of rotatable bonds is 5. The Kier molecular flexibility index (Phi) is 4.12. The van der Waals surface area contributed by atoms with Crippen LogP contribution in [0.3, 0.4) is 0 Å². The minimum Gasteiger partial charge on any atom is -0.345 e. The summed E-state index contributed by atoms with van der Waals surface area (Å²) >= 11 is 0. The van der Waals surface area contributed by atoms with E-state index >= 15 is 0 Å². The monoisotopic (exact) mass is 349 g/mol. The van der Waals surface area contributed by atoms with E-state index in [1.165, 1.54) is 16.4 Å². The summed E-state index contributed by atoms with van der Waals surface area (Å²) in [5, 5.41) is 11.2. The summed E-state index contributed by atoms with van der Waals surface area (Å²) in [6, 6.07) is 6.10. The van der Waals surface area contributed by atoms with Crippen LogP contribution in [0.2, 0.25) is 0 Å². The average molecular weight is 349 g/mol. The summed E-state index contributed by atoms with van der Waals surface area (Å²) in [7, 11) is 0. The molecule has 1 amide bonds. The van der Waals surface area contributed by atoms with Crippen molar-refractivity contribution >= 4 is 12.1 Å². The van der Waals surface area contributed by atoms with Gasteiger partial charge in [-0.2, -0.15) is 10.1 Å². The number of aryl methyl sites for hydroxylation is 2. The number of amides is 1. The SMILES string of the molecule is C=Cn1cc(C(=O)N[C@@H]2CCc3cc(-c4noc(CC)n4)ccc32)cn1. The second-order valence-electron chi connectivity index (χ2n) is 6.24. The molecular weight excluding hydrogens is 330 g/mol. The van der Waals surface area contributed by atoms with Gasteiger partial charge in [0.25, 0.3) is 5.91 Å². The molecule has 4 rings (SSSR count). The van der Waals surface area contributed by atoms with Gasteiger partial charge in [-0.1, -0.05) is 30.8 Å². The third-order valence-electron chi connectivity index (χ3n) is 4.61. The summed E-state index contributed by atoms with van der Waals surface area (Å²) in [4.78, 5) is 16.8. The van der Waals surface area contributed by atoms with Crippen molar-refractivity contribution in [2.75, 3.05) is 0 Å². The number of nitrogens with zero attached hydrogens (tertiary/aromatic N) is 4. The van der Waals surface area contributed by atoms with E-state index in [9.17, 15) is 4.79 Å².